The molecule has 4 nitrogen and oxygen atoms in total. The van der Waals surface area contributed by atoms with Gasteiger partial charge in [0.25, 0.3) is 0 Å². The van der Waals surface area contributed by atoms with Crippen molar-refractivity contribution in [3.63, 3.8) is 0 Å². The molecule has 0 amide bonds. The summed E-state index contributed by atoms with van der Waals surface area (Å²) in [5, 5.41) is 0. The van der Waals surface area contributed by atoms with Crippen LogP contribution in [0.25, 0.3) is 0 Å². The molecule has 1 rings (SSSR count). The highest BCUT2D eigenvalue weighted by atomic mass is 35.5. The van der Waals surface area contributed by atoms with Crippen molar-refractivity contribution in [3.8, 4) is 0 Å². The van der Waals surface area contributed by atoms with E-state index < -0.39 is 14.6 Å². The fourth-order valence-electron chi connectivity index (χ4n) is 1.13. The van der Waals surface area contributed by atoms with Gasteiger partial charge in [0.2, 0.25) is 0 Å². The molecule has 1 aromatic rings. The highest BCUT2D eigenvalue weighted by Crippen LogP contribution is 2.19. The quantitative estimate of drug-likeness (QED) is 0.760. The average Bonchev–Trinajstić information content (AvgIpc) is 2.48. The highest BCUT2D eigenvalue weighted by Gasteiger charge is 2.30. The Morgan fingerprint density at radius 1 is 1.53 bits per heavy atom. The zero-order chi connectivity index (χ0) is 11.7. The van der Waals surface area contributed by atoms with Crippen LogP contribution in [-0.4, -0.2) is 29.0 Å². The van der Waals surface area contributed by atoms with Crippen LogP contribution < -0.4 is 0 Å². The van der Waals surface area contributed by atoms with Gasteiger partial charge in [-0.05, 0) is 13.8 Å². The summed E-state index contributed by atoms with van der Waals surface area (Å²) in [6.45, 7) is 3.76. The number of halogens is 1. The molecule has 0 fully saturated rings. The van der Waals surface area contributed by atoms with Crippen molar-refractivity contribution in [2.75, 3.05) is 6.26 Å². The van der Waals surface area contributed by atoms with Gasteiger partial charge in [-0.15, -0.1) is 11.6 Å². The maximum atomic E-state index is 11.5. The molecule has 0 aliphatic carbocycles. The minimum absolute atomic E-state index is 0.333. The first-order valence-corrected chi connectivity index (χ1v) is 6.95. The van der Waals surface area contributed by atoms with Gasteiger partial charge in [0.1, 0.15) is 0 Å². The van der Waals surface area contributed by atoms with Gasteiger partial charge in [-0.3, -0.25) is 0 Å². The minimum atomic E-state index is -3.10. The molecule has 15 heavy (non-hydrogen) atoms. The summed E-state index contributed by atoms with van der Waals surface area (Å²) in [7, 11) is -3.10. The Balaban J connectivity index is 2.96. The third-order valence-corrected chi connectivity index (χ3v) is 4.90. The number of hydrogen-bond donors (Lipinski definition) is 0. The molecule has 0 saturated carbocycles. The fourth-order valence-corrected chi connectivity index (χ4v) is 1.73. The Bertz CT molecular complexity index is 437. The third kappa shape index (κ3) is 2.72. The molecule has 0 N–H and O–H groups in total. The van der Waals surface area contributed by atoms with Crippen molar-refractivity contribution < 1.29 is 8.42 Å². The monoisotopic (exact) mass is 250 g/mol. The van der Waals surface area contributed by atoms with E-state index in [2.05, 4.69) is 4.98 Å². The predicted octanol–water partition coefficient (Wildman–Crippen LogP) is 1.45. The number of hydrogen-bond acceptors (Lipinski definition) is 3. The normalized spacial score (nSPS) is 13.1. The summed E-state index contributed by atoms with van der Waals surface area (Å²) in [6.07, 6.45) is 4.49. The molecular formula is C9H15ClN2O2S. The van der Waals surface area contributed by atoms with Crippen molar-refractivity contribution >= 4 is 21.4 Å². The Morgan fingerprint density at radius 2 is 2.13 bits per heavy atom. The Kier molecular flexibility index (Phi) is 3.45. The van der Waals surface area contributed by atoms with E-state index in [-0.39, 0.29) is 0 Å². The molecule has 0 saturated heterocycles. The van der Waals surface area contributed by atoms with Gasteiger partial charge in [-0.2, -0.15) is 0 Å². The first-order valence-electron chi connectivity index (χ1n) is 4.52. The standard InChI is InChI=1S/C9H15ClN2O2S/c1-9(2,15(3,13)14)6-12-7-11-5-8(12)4-10/h5,7H,4,6H2,1-3H3. The Labute approximate surface area is 95.2 Å². The second-order valence-electron chi connectivity index (χ2n) is 4.18. The number of nitrogens with zero attached hydrogens (tertiary/aromatic N) is 2. The van der Waals surface area contributed by atoms with E-state index >= 15 is 0 Å². The lowest BCUT2D eigenvalue weighted by Gasteiger charge is -2.23. The van der Waals surface area contributed by atoms with E-state index in [0.29, 0.717) is 12.4 Å². The lowest BCUT2D eigenvalue weighted by Crippen LogP contribution is -2.36. The van der Waals surface area contributed by atoms with Crippen LogP contribution in [0.5, 0.6) is 0 Å². The molecular weight excluding hydrogens is 236 g/mol. The van der Waals surface area contributed by atoms with Gasteiger partial charge in [0.05, 0.1) is 22.6 Å². The molecule has 0 aliphatic heterocycles. The zero-order valence-corrected chi connectivity index (χ0v) is 10.6. The summed E-state index contributed by atoms with van der Waals surface area (Å²) in [6, 6.07) is 0. The number of aromatic nitrogens is 2. The van der Waals surface area contributed by atoms with Crippen LogP contribution in [0.4, 0.5) is 0 Å². The molecule has 0 aliphatic rings. The second kappa shape index (κ2) is 4.14. The average molecular weight is 251 g/mol. The molecule has 0 bridgehead atoms. The van der Waals surface area contributed by atoms with E-state index in [1.165, 1.54) is 6.26 Å². The molecule has 1 aromatic heterocycles. The Hall–Kier alpha value is -0.550. The van der Waals surface area contributed by atoms with Gasteiger partial charge in [0, 0.05) is 19.0 Å². The lowest BCUT2D eigenvalue weighted by atomic mass is 10.2. The van der Waals surface area contributed by atoms with Crippen LogP contribution in [-0.2, 0) is 22.3 Å². The van der Waals surface area contributed by atoms with Crippen molar-refractivity contribution in [1.82, 2.24) is 9.55 Å². The van der Waals surface area contributed by atoms with Gasteiger partial charge in [0.15, 0.2) is 9.84 Å². The second-order valence-corrected chi connectivity index (χ2v) is 7.10. The van der Waals surface area contributed by atoms with Gasteiger partial charge in [-0.25, -0.2) is 13.4 Å². The SMILES string of the molecule is CC(C)(Cn1cncc1CCl)S(C)(=O)=O. The van der Waals surface area contributed by atoms with E-state index in [4.69, 9.17) is 11.6 Å². The van der Waals surface area contributed by atoms with Gasteiger partial charge >= 0.3 is 0 Å². The van der Waals surface area contributed by atoms with Crippen molar-refractivity contribution in [2.24, 2.45) is 0 Å². The summed E-state index contributed by atoms with van der Waals surface area (Å²) >= 11 is 5.71. The van der Waals surface area contributed by atoms with Crippen LogP contribution in [0.1, 0.15) is 19.5 Å². The van der Waals surface area contributed by atoms with Crippen LogP contribution in [0.15, 0.2) is 12.5 Å². The van der Waals surface area contributed by atoms with E-state index in [9.17, 15) is 8.42 Å². The minimum Gasteiger partial charge on any atom is -0.332 e. The maximum Gasteiger partial charge on any atom is 0.154 e. The van der Waals surface area contributed by atoms with E-state index in [1.807, 2.05) is 0 Å². The lowest BCUT2D eigenvalue weighted by molar-refractivity contribution is 0.498. The van der Waals surface area contributed by atoms with Gasteiger partial charge in [-0.1, -0.05) is 0 Å². The topological polar surface area (TPSA) is 52.0 Å². The number of rotatable bonds is 4. The van der Waals surface area contributed by atoms with Gasteiger partial charge < -0.3 is 4.57 Å². The summed E-state index contributed by atoms with van der Waals surface area (Å²) in [4.78, 5) is 3.94. The van der Waals surface area contributed by atoms with E-state index in [0.717, 1.165) is 5.69 Å². The summed E-state index contributed by atoms with van der Waals surface area (Å²) in [5.41, 5.74) is 0.827. The molecule has 0 spiro atoms. The van der Waals surface area contributed by atoms with Crippen LogP contribution >= 0.6 is 11.6 Å². The zero-order valence-electron chi connectivity index (χ0n) is 9.07. The maximum absolute atomic E-state index is 11.5. The Morgan fingerprint density at radius 3 is 2.60 bits per heavy atom. The fraction of sp³-hybridized carbons (Fsp3) is 0.667. The smallest absolute Gasteiger partial charge is 0.154 e. The van der Waals surface area contributed by atoms with Crippen LogP contribution in [0, 0.1) is 0 Å². The van der Waals surface area contributed by atoms with Crippen molar-refractivity contribution in [3.05, 3.63) is 18.2 Å². The number of alkyl halides is 1. The van der Waals surface area contributed by atoms with E-state index in [1.54, 1.807) is 30.9 Å². The van der Waals surface area contributed by atoms with Crippen LogP contribution in [0.2, 0.25) is 0 Å². The molecule has 0 atom stereocenters. The molecule has 0 unspecified atom stereocenters. The predicted molar refractivity (Wildman–Crippen MR) is 60.7 cm³/mol. The summed E-state index contributed by atoms with van der Waals surface area (Å²) in [5.74, 6) is 0.333. The van der Waals surface area contributed by atoms with Crippen LogP contribution in [0.3, 0.4) is 0 Å². The molecule has 0 aromatic carbocycles. The largest absolute Gasteiger partial charge is 0.332 e. The summed E-state index contributed by atoms with van der Waals surface area (Å²) < 4.78 is 24.0. The third-order valence-electron chi connectivity index (χ3n) is 2.49. The number of imidazole rings is 1. The molecule has 1 heterocycles. The first kappa shape index (κ1) is 12.5. The first-order chi connectivity index (χ1) is 6.78. The molecule has 0 radical (unpaired) electrons. The number of sulfone groups is 1. The van der Waals surface area contributed by atoms with Crippen molar-refractivity contribution in [1.29, 1.82) is 0 Å². The van der Waals surface area contributed by atoms with Crippen molar-refractivity contribution in [2.45, 2.75) is 31.0 Å². The molecule has 86 valence electrons. The highest BCUT2D eigenvalue weighted by molar-refractivity contribution is 7.92. The molecule has 6 heteroatoms.